The van der Waals surface area contributed by atoms with Crippen LogP contribution in [0.25, 0.3) is 0 Å². The molecule has 0 aliphatic heterocycles. The monoisotopic (exact) mass is 208 g/mol. The van der Waals surface area contributed by atoms with Crippen molar-refractivity contribution in [2.24, 2.45) is 17.4 Å². The van der Waals surface area contributed by atoms with Crippen molar-refractivity contribution >= 4 is 8.80 Å². The molecule has 0 unspecified atom stereocenters. The Hall–Kier alpha value is 0.0169. The van der Waals surface area contributed by atoms with Gasteiger partial charge < -0.3 is 24.7 Å². The lowest BCUT2D eigenvalue weighted by Gasteiger charge is -2.27. The van der Waals surface area contributed by atoms with Crippen molar-refractivity contribution in [2.45, 2.75) is 6.04 Å². The molecule has 0 radical (unpaired) electrons. The van der Waals surface area contributed by atoms with Crippen molar-refractivity contribution in [3.8, 4) is 0 Å². The molecule has 0 bridgehead atoms. The van der Waals surface area contributed by atoms with E-state index >= 15 is 0 Å². The Morgan fingerprint density at radius 3 is 1.62 bits per heavy atom. The maximum Gasteiger partial charge on any atom is 0.500 e. The molecule has 0 atom stereocenters. The Kier molecular flexibility index (Phi) is 6.48. The van der Waals surface area contributed by atoms with E-state index in [1.807, 2.05) is 0 Å². The average Bonchev–Trinajstić information content (AvgIpc) is 2.21. The smallest absolute Gasteiger partial charge is 0.377 e. The van der Waals surface area contributed by atoms with Crippen molar-refractivity contribution in [1.29, 1.82) is 0 Å². The molecule has 4 N–H and O–H groups in total. The summed E-state index contributed by atoms with van der Waals surface area (Å²) in [6.07, 6.45) is 0. The molecule has 0 aliphatic rings. The van der Waals surface area contributed by atoms with Crippen LogP contribution in [-0.4, -0.2) is 43.2 Å². The normalized spacial score (nSPS) is 12.5. The molecule has 0 aromatic rings. The van der Waals surface area contributed by atoms with Crippen molar-refractivity contribution in [3.63, 3.8) is 0 Å². The molecule has 0 saturated carbocycles. The zero-order chi connectivity index (χ0) is 10.3. The molecule has 6 heteroatoms. The van der Waals surface area contributed by atoms with Gasteiger partial charge in [0.15, 0.2) is 0 Å². The van der Waals surface area contributed by atoms with Crippen LogP contribution in [0, 0.1) is 5.92 Å². The van der Waals surface area contributed by atoms with Gasteiger partial charge in [-0.15, -0.1) is 0 Å². The Labute approximate surface area is 80.7 Å². The van der Waals surface area contributed by atoms with Crippen LogP contribution >= 0.6 is 0 Å². The minimum absolute atomic E-state index is 0.200. The molecule has 0 aromatic carbocycles. The minimum Gasteiger partial charge on any atom is -0.377 e. The van der Waals surface area contributed by atoms with Crippen LogP contribution < -0.4 is 11.5 Å². The fourth-order valence-corrected chi connectivity index (χ4v) is 3.16. The van der Waals surface area contributed by atoms with Gasteiger partial charge >= 0.3 is 8.80 Å². The third kappa shape index (κ3) is 3.71. The standard InChI is InChI=1S/C7H20N2O3Si/c1-10-13(11-2,12-3)6-7(4-8)5-9/h7H,4-6,8-9H2,1-3H3. The number of hydrogen-bond donors (Lipinski definition) is 2. The summed E-state index contributed by atoms with van der Waals surface area (Å²) in [5, 5.41) is 0. The molecule has 0 saturated heterocycles. The van der Waals surface area contributed by atoms with Gasteiger partial charge in [-0.2, -0.15) is 0 Å². The lowest BCUT2D eigenvalue weighted by molar-refractivity contribution is 0.118. The van der Waals surface area contributed by atoms with Crippen LogP contribution in [0.4, 0.5) is 0 Å². The van der Waals surface area contributed by atoms with Crippen LogP contribution in [0.1, 0.15) is 0 Å². The zero-order valence-corrected chi connectivity index (χ0v) is 9.58. The molecule has 0 aromatic heterocycles. The first-order valence-electron chi connectivity index (χ1n) is 4.23. The lowest BCUT2D eigenvalue weighted by atomic mass is 10.2. The molecule has 13 heavy (non-hydrogen) atoms. The Bertz CT molecular complexity index is 121. The first-order valence-corrected chi connectivity index (χ1v) is 6.16. The Balaban J connectivity index is 4.21. The summed E-state index contributed by atoms with van der Waals surface area (Å²) in [5.74, 6) is 0.200. The number of hydrogen-bond acceptors (Lipinski definition) is 5. The first kappa shape index (κ1) is 13.0. The van der Waals surface area contributed by atoms with Gasteiger partial charge in [0, 0.05) is 27.4 Å². The van der Waals surface area contributed by atoms with E-state index in [0.717, 1.165) is 0 Å². The second kappa shape index (κ2) is 6.47. The SMILES string of the molecule is CO[Si](CC(CN)CN)(OC)OC. The molecular formula is C7H20N2O3Si. The highest BCUT2D eigenvalue weighted by atomic mass is 28.4. The summed E-state index contributed by atoms with van der Waals surface area (Å²) in [6.45, 7) is 1.06. The largest absolute Gasteiger partial charge is 0.500 e. The van der Waals surface area contributed by atoms with Crippen molar-refractivity contribution < 1.29 is 13.3 Å². The highest BCUT2D eigenvalue weighted by Gasteiger charge is 2.39. The highest BCUT2D eigenvalue weighted by Crippen LogP contribution is 2.17. The fraction of sp³-hybridized carbons (Fsp3) is 1.00. The Morgan fingerprint density at radius 2 is 1.38 bits per heavy atom. The maximum atomic E-state index is 5.53. The molecule has 0 amide bonds. The average molecular weight is 208 g/mol. The summed E-state index contributed by atoms with van der Waals surface area (Å²) in [4.78, 5) is 0. The van der Waals surface area contributed by atoms with E-state index in [1.165, 1.54) is 0 Å². The minimum atomic E-state index is -2.48. The predicted molar refractivity (Wildman–Crippen MR) is 53.2 cm³/mol. The second-order valence-corrected chi connectivity index (χ2v) is 5.84. The van der Waals surface area contributed by atoms with Crippen molar-refractivity contribution in [1.82, 2.24) is 0 Å². The van der Waals surface area contributed by atoms with E-state index in [0.29, 0.717) is 19.1 Å². The lowest BCUT2D eigenvalue weighted by Crippen LogP contribution is -2.46. The summed E-state index contributed by atoms with van der Waals surface area (Å²) in [6, 6.07) is 0.670. The molecule has 0 heterocycles. The van der Waals surface area contributed by atoms with Gasteiger partial charge in [-0.3, -0.25) is 0 Å². The molecule has 80 valence electrons. The van der Waals surface area contributed by atoms with Gasteiger partial charge in [0.1, 0.15) is 0 Å². The van der Waals surface area contributed by atoms with E-state index in [2.05, 4.69) is 0 Å². The third-order valence-electron chi connectivity index (χ3n) is 2.14. The van der Waals surface area contributed by atoms with E-state index < -0.39 is 8.80 Å². The molecule has 0 rings (SSSR count). The molecule has 5 nitrogen and oxygen atoms in total. The zero-order valence-electron chi connectivity index (χ0n) is 8.58. The van der Waals surface area contributed by atoms with Crippen LogP contribution in [-0.2, 0) is 13.3 Å². The van der Waals surface area contributed by atoms with Gasteiger partial charge in [0.2, 0.25) is 0 Å². The summed E-state index contributed by atoms with van der Waals surface area (Å²) in [7, 11) is 2.28. The van der Waals surface area contributed by atoms with E-state index in [-0.39, 0.29) is 5.92 Å². The molecular weight excluding hydrogens is 188 g/mol. The number of nitrogens with two attached hydrogens (primary N) is 2. The van der Waals surface area contributed by atoms with Crippen LogP contribution in [0.2, 0.25) is 6.04 Å². The summed E-state index contributed by atoms with van der Waals surface area (Å²) < 4.78 is 15.8. The second-order valence-electron chi connectivity index (χ2n) is 2.84. The number of rotatable bonds is 7. The van der Waals surface area contributed by atoms with Crippen LogP contribution in [0.15, 0.2) is 0 Å². The van der Waals surface area contributed by atoms with Gasteiger partial charge in [-0.25, -0.2) is 0 Å². The fourth-order valence-electron chi connectivity index (χ4n) is 1.12. The van der Waals surface area contributed by atoms with Crippen LogP contribution in [0.5, 0.6) is 0 Å². The van der Waals surface area contributed by atoms with Gasteiger partial charge in [0.25, 0.3) is 0 Å². The van der Waals surface area contributed by atoms with Crippen LogP contribution in [0.3, 0.4) is 0 Å². The van der Waals surface area contributed by atoms with Gasteiger partial charge in [-0.1, -0.05) is 0 Å². The Morgan fingerprint density at radius 1 is 1.00 bits per heavy atom. The quantitative estimate of drug-likeness (QED) is 0.546. The van der Waals surface area contributed by atoms with Gasteiger partial charge in [0.05, 0.1) is 0 Å². The van der Waals surface area contributed by atoms with E-state index in [9.17, 15) is 0 Å². The molecule has 0 fully saturated rings. The van der Waals surface area contributed by atoms with Crippen molar-refractivity contribution in [3.05, 3.63) is 0 Å². The third-order valence-corrected chi connectivity index (χ3v) is 5.08. The molecule has 0 aliphatic carbocycles. The van der Waals surface area contributed by atoms with E-state index in [1.54, 1.807) is 21.3 Å². The topological polar surface area (TPSA) is 79.7 Å². The predicted octanol–water partition coefficient (Wildman–Crippen LogP) is -0.602. The highest BCUT2D eigenvalue weighted by molar-refractivity contribution is 6.60. The maximum absolute atomic E-state index is 5.53. The first-order chi connectivity index (χ1) is 6.17. The van der Waals surface area contributed by atoms with Gasteiger partial charge in [-0.05, 0) is 19.0 Å². The summed E-state index contributed by atoms with van der Waals surface area (Å²) in [5.41, 5.74) is 11.1. The van der Waals surface area contributed by atoms with Crippen molar-refractivity contribution in [2.75, 3.05) is 34.4 Å². The summed E-state index contributed by atoms with van der Waals surface area (Å²) >= 11 is 0. The van der Waals surface area contributed by atoms with E-state index in [4.69, 9.17) is 24.7 Å². The molecule has 0 spiro atoms.